The molecule has 2 aromatic rings. The first-order valence-corrected chi connectivity index (χ1v) is 9.32. The maximum Gasteiger partial charge on any atom is 0.416 e. The fraction of sp³-hybridized carbons (Fsp3) is 0.364. The molecule has 27 heavy (non-hydrogen) atoms. The van der Waals surface area contributed by atoms with E-state index in [4.69, 9.17) is 0 Å². The first kappa shape index (κ1) is 18.3. The van der Waals surface area contributed by atoms with E-state index in [-0.39, 0.29) is 0 Å². The molecule has 2 saturated heterocycles. The molecular weight excluding hydrogens is 349 g/mol. The van der Waals surface area contributed by atoms with Crippen molar-refractivity contribution in [3.63, 3.8) is 0 Å². The zero-order valence-corrected chi connectivity index (χ0v) is 15.2. The van der Waals surface area contributed by atoms with Gasteiger partial charge in [-0.1, -0.05) is 54.6 Å². The quantitative estimate of drug-likeness (QED) is 0.838. The van der Waals surface area contributed by atoms with Crippen LogP contribution in [0.5, 0.6) is 0 Å². The summed E-state index contributed by atoms with van der Waals surface area (Å²) < 4.78 is 38.9. The van der Waals surface area contributed by atoms with E-state index >= 15 is 0 Å². The van der Waals surface area contributed by atoms with E-state index in [0.717, 1.165) is 24.7 Å². The van der Waals surface area contributed by atoms with Gasteiger partial charge in [0, 0.05) is 37.6 Å². The van der Waals surface area contributed by atoms with Crippen LogP contribution in [0.25, 0.3) is 6.08 Å². The molecular formula is C22H23F3N2. The molecule has 0 amide bonds. The number of hydrogen-bond donors (Lipinski definition) is 1. The Morgan fingerprint density at radius 3 is 2.41 bits per heavy atom. The molecule has 2 aromatic carbocycles. The fourth-order valence-corrected chi connectivity index (χ4v) is 4.44. The number of rotatable bonds is 4. The fourth-order valence-electron chi connectivity index (χ4n) is 4.44. The summed E-state index contributed by atoms with van der Waals surface area (Å²) in [6.07, 6.45) is -0.194. The monoisotopic (exact) mass is 372 g/mol. The summed E-state index contributed by atoms with van der Waals surface area (Å²) in [6.45, 7) is 4.31. The number of hydrogen-bond acceptors (Lipinski definition) is 2. The third kappa shape index (κ3) is 3.54. The summed E-state index contributed by atoms with van der Waals surface area (Å²) >= 11 is 0. The Morgan fingerprint density at radius 1 is 1.07 bits per heavy atom. The number of alkyl halides is 3. The smallest absolute Gasteiger partial charge is 0.314 e. The lowest BCUT2D eigenvalue weighted by Crippen LogP contribution is -2.72. The third-order valence-electron chi connectivity index (χ3n) is 5.69. The molecule has 0 radical (unpaired) electrons. The highest BCUT2D eigenvalue weighted by Crippen LogP contribution is 2.43. The topological polar surface area (TPSA) is 15.3 Å². The maximum atomic E-state index is 13.0. The maximum absolute atomic E-state index is 13.0. The van der Waals surface area contributed by atoms with Crippen molar-refractivity contribution < 1.29 is 13.2 Å². The van der Waals surface area contributed by atoms with E-state index < -0.39 is 11.7 Å². The largest absolute Gasteiger partial charge is 0.416 e. The molecule has 2 bridgehead atoms. The van der Waals surface area contributed by atoms with E-state index in [2.05, 4.69) is 40.6 Å². The number of benzene rings is 2. The molecule has 2 aliphatic heterocycles. The summed E-state index contributed by atoms with van der Waals surface area (Å²) in [5.74, 6) is 0.441. The number of allylic oxidation sites excluding steroid dienone is 1. The van der Waals surface area contributed by atoms with Gasteiger partial charge in [0.25, 0.3) is 0 Å². The SMILES string of the molecule is C/C=C/c1ccc(C2[C@H]3CNC[C@@H]2N3Cc2cccc(C(F)(F)F)c2)cc1. The number of nitrogens with one attached hydrogen (secondary N) is 1. The molecule has 5 heteroatoms. The molecule has 4 rings (SSSR count). The number of nitrogens with zero attached hydrogens (tertiary/aromatic N) is 1. The van der Waals surface area contributed by atoms with Crippen LogP contribution in [0.1, 0.15) is 35.1 Å². The molecule has 2 nitrogen and oxygen atoms in total. The average Bonchev–Trinajstić information content (AvgIpc) is 2.67. The van der Waals surface area contributed by atoms with Gasteiger partial charge < -0.3 is 5.32 Å². The average molecular weight is 372 g/mol. The van der Waals surface area contributed by atoms with E-state index in [1.54, 1.807) is 6.07 Å². The summed E-state index contributed by atoms with van der Waals surface area (Å²) in [5.41, 5.74) is 2.66. The van der Waals surface area contributed by atoms with Gasteiger partial charge in [-0.25, -0.2) is 0 Å². The van der Waals surface area contributed by atoms with E-state index in [0.29, 0.717) is 24.5 Å². The Balaban J connectivity index is 1.50. The van der Waals surface area contributed by atoms with Crippen LogP contribution in [-0.2, 0) is 12.7 Å². The lowest BCUT2D eigenvalue weighted by atomic mass is 9.72. The molecule has 0 aliphatic carbocycles. The van der Waals surface area contributed by atoms with Crippen LogP contribution in [0.2, 0.25) is 0 Å². The summed E-state index contributed by atoms with van der Waals surface area (Å²) in [7, 11) is 0. The lowest BCUT2D eigenvalue weighted by Gasteiger charge is -2.59. The van der Waals surface area contributed by atoms with Crippen molar-refractivity contribution in [2.24, 2.45) is 0 Å². The van der Waals surface area contributed by atoms with Crippen molar-refractivity contribution in [3.05, 3.63) is 76.9 Å². The Hall–Kier alpha value is -2.11. The zero-order chi connectivity index (χ0) is 19.0. The minimum Gasteiger partial charge on any atom is -0.314 e. The number of piperazine rings is 1. The lowest BCUT2D eigenvalue weighted by molar-refractivity contribution is -0.137. The van der Waals surface area contributed by atoms with E-state index in [1.807, 2.05) is 13.0 Å². The number of piperidine rings is 1. The van der Waals surface area contributed by atoms with Crippen LogP contribution in [0.4, 0.5) is 13.2 Å². The molecule has 142 valence electrons. The van der Waals surface area contributed by atoms with Gasteiger partial charge in [0.1, 0.15) is 0 Å². The summed E-state index contributed by atoms with van der Waals surface area (Å²) in [4.78, 5) is 2.34. The minimum atomic E-state index is -4.29. The number of halogens is 3. The van der Waals surface area contributed by atoms with Crippen molar-refractivity contribution in [2.75, 3.05) is 13.1 Å². The number of fused-ring (bicyclic) bond motifs is 2. The van der Waals surface area contributed by atoms with Gasteiger partial charge in [0.05, 0.1) is 5.56 Å². The molecule has 3 atom stereocenters. The predicted octanol–water partition coefficient (Wildman–Crippen LogP) is 4.68. The molecule has 0 saturated carbocycles. The van der Waals surface area contributed by atoms with Gasteiger partial charge in [-0.15, -0.1) is 0 Å². The Labute approximate surface area is 157 Å². The highest BCUT2D eigenvalue weighted by atomic mass is 19.4. The van der Waals surface area contributed by atoms with Gasteiger partial charge in [-0.05, 0) is 29.7 Å². The van der Waals surface area contributed by atoms with Gasteiger partial charge in [0.2, 0.25) is 0 Å². The molecule has 2 fully saturated rings. The first-order valence-electron chi connectivity index (χ1n) is 9.32. The van der Waals surface area contributed by atoms with Crippen LogP contribution in [0.15, 0.2) is 54.6 Å². The van der Waals surface area contributed by atoms with Crippen molar-refractivity contribution in [3.8, 4) is 0 Å². The zero-order valence-electron chi connectivity index (χ0n) is 15.2. The van der Waals surface area contributed by atoms with Gasteiger partial charge in [-0.3, -0.25) is 4.90 Å². The standard InChI is InChI=1S/C22H23F3N2/c1-2-4-15-7-9-17(10-8-15)21-19-12-26-13-20(21)27(19)14-16-5-3-6-18(11-16)22(23,24)25/h2-11,19-21,26H,12-14H2,1H3/b4-2+/t19-,20+,21?. The Bertz CT molecular complexity index is 814. The second kappa shape index (κ2) is 7.13. The van der Waals surface area contributed by atoms with E-state index in [1.165, 1.54) is 23.3 Å². The Morgan fingerprint density at radius 2 is 1.78 bits per heavy atom. The van der Waals surface area contributed by atoms with Gasteiger partial charge in [-0.2, -0.15) is 13.2 Å². The second-order valence-corrected chi connectivity index (χ2v) is 7.36. The highest BCUT2D eigenvalue weighted by Gasteiger charge is 2.50. The van der Waals surface area contributed by atoms with E-state index in [9.17, 15) is 13.2 Å². The molecule has 2 aliphatic rings. The summed E-state index contributed by atoms with van der Waals surface area (Å²) in [5, 5.41) is 3.43. The first-order chi connectivity index (χ1) is 13.0. The molecule has 1 unspecified atom stereocenters. The Kier molecular flexibility index (Phi) is 4.82. The third-order valence-corrected chi connectivity index (χ3v) is 5.69. The van der Waals surface area contributed by atoms with Crippen LogP contribution in [0, 0.1) is 0 Å². The van der Waals surface area contributed by atoms with Gasteiger partial charge >= 0.3 is 6.18 Å². The van der Waals surface area contributed by atoms with Crippen molar-refractivity contribution in [1.82, 2.24) is 10.2 Å². The van der Waals surface area contributed by atoms with Crippen molar-refractivity contribution >= 4 is 6.08 Å². The predicted molar refractivity (Wildman–Crippen MR) is 101 cm³/mol. The highest BCUT2D eigenvalue weighted by molar-refractivity contribution is 5.50. The van der Waals surface area contributed by atoms with Crippen molar-refractivity contribution in [1.29, 1.82) is 0 Å². The van der Waals surface area contributed by atoms with Crippen LogP contribution in [-0.4, -0.2) is 30.1 Å². The van der Waals surface area contributed by atoms with Crippen LogP contribution < -0.4 is 5.32 Å². The van der Waals surface area contributed by atoms with Crippen LogP contribution >= 0.6 is 0 Å². The second-order valence-electron chi connectivity index (χ2n) is 7.36. The van der Waals surface area contributed by atoms with Crippen LogP contribution in [0.3, 0.4) is 0 Å². The summed E-state index contributed by atoms with van der Waals surface area (Å²) in [6, 6.07) is 15.0. The minimum absolute atomic E-state index is 0.325. The molecule has 2 heterocycles. The van der Waals surface area contributed by atoms with Gasteiger partial charge in [0.15, 0.2) is 0 Å². The van der Waals surface area contributed by atoms with Crippen molar-refractivity contribution in [2.45, 2.75) is 37.6 Å². The molecule has 0 aromatic heterocycles. The normalized spacial score (nSPS) is 25.6. The number of likely N-dealkylation sites (tertiary alicyclic amines) is 1. The molecule has 0 spiro atoms. The molecule has 1 N–H and O–H groups in total.